The molecule has 4 heteroatoms. The van der Waals surface area contributed by atoms with Crippen LogP contribution in [0.5, 0.6) is 5.75 Å². The largest absolute Gasteiger partial charge is 0.492 e. The van der Waals surface area contributed by atoms with Gasteiger partial charge in [-0.2, -0.15) is 0 Å². The minimum absolute atomic E-state index is 0.0848. The molecule has 0 aliphatic heterocycles. The molecule has 0 saturated carbocycles. The van der Waals surface area contributed by atoms with Crippen molar-refractivity contribution in [2.75, 3.05) is 12.3 Å². The molecule has 0 unspecified atom stereocenters. The van der Waals surface area contributed by atoms with Gasteiger partial charge in [-0.15, -0.1) is 0 Å². The first-order chi connectivity index (χ1) is 8.62. The summed E-state index contributed by atoms with van der Waals surface area (Å²) in [6.07, 6.45) is 1.85. The van der Waals surface area contributed by atoms with E-state index >= 15 is 0 Å². The van der Waals surface area contributed by atoms with Crippen LogP contribution in [-0.2, 0) is 0 Å². The Morgan fingerprint density at radius 3 is 2.50 bits per heavy atom. The maximum Gasteiger partial charge on any atom is 0.251 e. The van der Waals surface area contributed by atoms with Crippen LogP contribution in [0.2, 0.25) is 0 Å². The van der Waals surface area contributed by atoms with Crippen LogP contribution < -0.4 is 15.8 Å². The number of nitrogens with two attached hydrogens (primary N) is 1. The molecule has 0 bridgehead atoms. The highest BCUT2D eigenvalue weighted by molar-refractivity contribution is 5.95. The van der Waals surface area contributed by atoms with Crippen molar-refractivity contribution in [1.29, 1.82) is 0 Å². The lowest BCUT2D eigenvalue weighted by Gasteiger charge is -2.15. The summed E-state index contributed by atoms with van der Waals surface area (Å²) in [5.41, 5.74) is 6.90. The maximum absolute atomic E-state index is 12.0. The van der Waals surface area contributed by atoms with Crippen molar-refractivity contribution < 1.29 is 9.53 Å². The first-order valence-electron chi connectivity index (χ1n) is 6.45. The number of benzene rings is 1. The van der Waals surface area contributed by atoms with Crippen molar-refractivity contribution in [3.8, 4) is 5.75 Å². The van der Waals surface area contributed by atoms with Crippen LogP contribution >= 0.6 is 0 Å². The van der Waals surface area contributed by atoms with Gasteiger partial charge in [-0.3, -0.25) is 4.79 Å². The Kier molecular flexibility index (Phi) is 5.49. The summed E-state index contributed by atoms with van der Waals surface area (Å²) in [6, 6.07) is 5.34. The zero-order valence-corrected chi connectivity index (χ0v) is 11.3. The molecule has 0 aliphatic carbocycles. The van der Waals surface area contributed by atoms with Crippen LogP contribution in [0.3, 0.4) is 0 Å². The Bertz CT molecular complexity index is 401. The molecule has 0 saturated heterocycles. The number of hydrogen-bond donors (Lipinski definition) is 2. The lowest BCUT2D eigenvalue weighted by molar-refractivity contribution is 0.0935. The molecule has 1 aromatic rings. The van der Waals surface area contributed by atoms with Crippen molar-refractivity contribution in [3.63, 3.8) is 0 Å². The number of ether oxygens (including phenoxy) is 1. The molecule has 0 aliphatic rings. The minimum Gasteiger partial charge on any atom is -0.492 e. The Morgan fingerprint density at radius 1 is 1.33 bits per heavy atom. The lowest BCUT2D eigenvalue weighted by Crippen LogP contribution is -2.33. The maximum atomic E-state index is 12.0. The van der Waals surface area contributed by atoms with E-state index in [9.17, 15) is 4.79 Å². The summed E-state index contributed by atoms with van der Waals surface area (Å²) in [5.74, 6) is 0.537. The minimum atomic E-state index is -0.0848. The third-order valence-corrected chi connectivity index (χ3v) is 2.89. The third kappa shape index (κ3) is 3.65. The van der Waals surface area contributed by atoms with Gasteiger partial charge in [0.15, 0.2) is 0 Å². The van der Waals surface area contributed by atoms with E-state index in [1.165, 1.54) is 0 Å². The van der Waals surface area contributed by atoms with Gasteiger partial charge in [0.1, 0.15) is 5.75 Å². The second-order valence-corrected chi connectivity index (χ2v) is 4.17. The van der Waals surface area contributed by atoms with Gasteiger partial charge in [-0.1, -0.05) is 13.8 Å². The average molecular weight is 250 g/mol. The fourth-order valence-corrected chi connectivity index (χ4v) is 1.74. The molecular weight excluding hydrogens is 228 g/mol. The fraction of sp³-hybridized carbons (Fsp3) is 0.500. The van der Waals surface area contributed by atoms with Crippen molar-refractivity contribution in [2.45, 2.75) is 39.7 Å². The summed E-state index contributed by atoms with van der Waals surface area (Å²) < 4.78 is 5.34. The van der Waals surface area contributed by atoms with Crippen LogP contribution in [0.4, 0.5) is 5.69 Å². The van der Waals surface area contributed by atoms with Gasteiger partial charge in [-0.25, -0.2) is 0 Å². The van der Waals surface area contributed by atoms with Crippen molar-refractivity contribution >= 4 is 11.6 Å². The van der Waals surface area contributed by atoms with Crippen LogP contribution in [0.15, 0.2) is 18.2 Å². The lowest BCUT2D eigenvalue weighted by atomic mass is 10.1. The first kappa shape index (κ1) is 14.4. The molecular formula is C14H22N2O2. The third-order valence-electron chi connectivity index (χ3n) is 2.89. The Labute approximate surface area is 109 Å². The van der Waals surface area contributed by atoms with Crippen LogP contribution in [0.1, 0.15) is 44.0 Å². The Hall–Kier alpha value is -1.71. The summed E-state index contributed by atoms with van der Waals surface area (Å²) in [5, 5.41) is 2.98. The van der Waals surface area contributed by atoms with E-state index in [1.807, 2.05) is 6.92 Å². The van der Waals surface area contributed by atoms with Gasteiger partial charge in [-0.05, 0) is 38.0 Å². The number of nitrogen functional groups attached to an aromatic ring is 1. The van der Waals surface area contributed by atoms with E-state index < -0.39 is 0 Å². The molecule has 18 heavy (non-hydrogen) atoms. The predicted octanol–water partition coefficient (Wildman–Crippen LogP) is 2.59. The molecule has 1 amide bonds. The number of carbonyl (C=O) groups excluding carboxylic acids is 1. The van der Waals surface area contributed by atoms with Crippen LogP contribution in [-0.4, -0.2) is 18.6 Å². The average Bonchev–Trinajstić information content (AvgIpc) is 2.38. The highest BCUT2D eigenvalue weighted by Crippen LogP contribution is 2.22. The van der Waals surface area contributed by atoms with Crippen LogP contribution in [0, 0.1) is 0 Å². The van der Waals surface area contributed by atoms with Gasteiger partial charge in [0.25, 0.3) is 5.91 Å². The smallest absolute Gasteiger partial charge is 0.251 e. The number of hydrogen-bond acceptors (Lipinski definition) is 3. The molecule has 1 rings (SSSR count). The van der Waals surface area contributed by atoms with Gasteiger partial charge >= 0.3 is 0 Å². The molecule has 0 aromatic heterocycles. The van der Waals surface area contributed by atoms with E-state index in [1.54, 1.807) is 18.2 Å². The summed E-state index contributed by atoms with van der Waals surface area (Å²) in [6.45, 7) is 6.57. The SMILES string of the molecule is CCOc1ccc(C(=O)NC(CC)CC)cc1N. The number of amides is 1. The number of anilines is 1. The van der Waals surface area contributed by atoms with E-state index in [0.29, 0.717) is 23.6 Å². The molecule has 0 spiro atoms. The van der Waals surface area contributed by atoms with Gasteiger partial charge in [0, 0.05) is 11.6 Å². The van der Waals surface area contributed by atoms with Gasteiger partial charge in [0.2, 0.25) is 0 Å². The molecule has 0 heterocycles. The Balaban J connectivity index is 2.78. The number of rotatable bonds is 6. The zero-order chi connectivity index (χ0) is 13.5. The standard InChI is InChI=1S/C14H22N2O2/c1-4-11(5-2)16-14(17)10-7-8-13(18-6-3)12(15)9-10/h7-9,11H,4-6,15H2,1-3H3,(H,16,17). The number of nitrogens with one attached hydrogen (secondary N) is 1. The normalized spacial score (nSPS) is 10.4. The van der Waals surface area contributed by atoms with E-state index in [-0.39, 0.29) is 11.9 Å². The first-order valence-corrected chi connectivity index (χ1v) is 6.45. The summed E-state index contributed by atoms with van der Waals surface area (Å²) in [4.78, 5) is 12.0. The summed E-state index contributed by atoms with van der Waals surface area (Å²) >= 11 is 0. The van der Waals surface area contributed by atoms with Crippen molar-refractivity contribution in [1.82, 2.24) is 5.32 Å². The zero-order valence-electron chi connectivity index (χ0n) is 11.3. The molecule has 100 valence electrons. The number of carbonyl (C=O) groups is 1. The molecule has 0 radical (unpaired) electrons. The van der Waals surface area contributed by atoms with E-state index in [4.69, 9.17) is 10.5 Å². The van der Waals surface area contributed by atoms with Gasteiger partial charge < -0.3 is 15.8 Å². The monoisotopic (exact) mass is 250 g/mol. The molecule has 4 nitrogen and oxygen atoms in total. The van der Waals surface area contributed by atoms with E-state index in [2.05, 4.69) is 19.2 Å². The van der Waals surface area contributed by atoms with Gasteiger partial charge in [0.05, 0.1) is 12.3 Å². The predicted molar refractivity (Wildman–Crippen MR) is 73.9 cm³/mol. The quantitative estimate of drug-likeness (QED) is 0.763. The van der Waals surface area contributed by atoms with E-state index in [0.717, 1.165) is 12.8 Å². The Morgan fingerprint density at radius 2 is 2.00 bits per heavy atom. The van der Waals surface area contributed by atoms with Crippen molar-refractivity contribution in [3.05, 3.63) is 23.8 Å². The fourth-order valence-electron chi connectivity index (χ4n) is 1.74. The summed E-state index contributed by atoms with van der Waals surface area (Å²) in [7, 11) is 0. The second kappa shape index (κ2) is 6.89. The molecule has 0 fully saturated rings. The molecule has 0 atom stereocenters. The highest BCUT2D eigenvalue weighted by atomic mass is 16.5. The van der Waals surface area contributed by atoms with Crippen molar-refractivity contribution in [2.24, 2.45) is 0 Å². The molecule has 3 N–H and O–H groups in total. The van der Waals surface area contributed by atoms with Crippen LogP contribution in [0.25, 0.3) is 0 Å². The second-order valence-electron chi connectivity index (χ2n) is 4.17. The topological polar surface area (TPSA) is 64.3 Å². The highest BCUT2D eigenvalue weighted by Gasteiger charge is 2.12. The molecule has 1 aromatic carbocycles.